The first-order chi connectivity index (χ1) is 12.6. The van der Waals surface area contributed by atoms with Crippen LogP contribution >= 0.6 is 0 Å². The Morgan fingerprint density at radius 2 is 1.81 bits per heavy atom. The fraction of sp³-hybridized carbons (Fsp3) is 0.550. The van der Waals surface area contributed by atoms with E-state index >= 15 is 0 Å². The highest BCUT2D eigenvalue weighted by molar-refractivity contribution is 5.94. The Balaban J connectivity index is 1.63. The van der Waals surface area contributed by atoms with Crippen LogP contribution in [0.5, 0.6) is 0 Å². The molecule has 2 aliphatic heterocycles. The standard InChI is InChI=1S/C20H27N3O3/c24-18-9-12-23(11-4-2-1-3-10-21-18)20(26)14-15-5-7-17-16(13-15)6-8-19(25)22-17/h5,7,13H,1-4,6,8-12,14H2,(H,21,24)(H,22,25). The molecule has 1 saturated heterocycles. The van der Waals surface area contributed by atoms with E-state index in [1.54, 1.807) is 0 Å². The minimum atomic E-state index is 0.0224. The average molecular weight is 357 g/mol. The van der Waals surface area contributed by atoms with E-state index in [0.717, 1.165) is 49.0 Å². The van der Waals surface area contributed by atoms with Crippen LogP contribution in [-0.2, 0) is 27.2 Å². The number of carbonyl (C=O) groups excluding carboxylic acids is 3. The Morgan fingerprint density at radius 1 is 0.962 bits per heavy atom. The highest BCUT2D eigenvalue weighted by Gasteiger charge is 2.18. The Morgan fingerprint density at radius 3 is 2.69 bits per heavy atom. The molecule has 3 rings (SSSR count). The molecule has 0 radical (unpaired) electrons. The normalized spacial score (nSPS) is 19.0. The van der Waals surface area contributed by atoms with Crippen molar-refractivity contribution in [2.45, 2.75) is 51.4 Å². The van der Waals surface area contributed by atoms with Crippen LogP contribution in [0.15, 0.2) is 18.2 Å². The number of fused-ring (bicyclic) bond motifs is 1. The van der Waals surface area contributed by atoms with Crippen LogP contribution in [0.3, 0.4) is 0 Å². The van der Waals surface area contributed by atoms with Gasteiger partial charge in [0.1, 0.15) is 0 Å². The van der Waals surface area contributed by atoms with Crippen LogP contribution in [0, 0.1) is 0 Å². The van der Waals surface area contributed by atoms with Gasteiger partial charge in [-0.15, -0.1) is 0 Å². The summed E-state index contributed by atoms with van der Waals surface area (Å²) < 4.78 is 0. The Bertz CT molecular complexity index is 687. The molecule has 0 saturated carbocycles. The molecule has 6 heteroatoms. The minimum Gasteiger partial charge on any atom is -0.356 e. The van der Waals surface area contributed by atoms with Crippen LogP contribution in [-0.4, -0.2) is 42.3 Å². The van der Waals surface area contributed by atoms with Gasteiger partial charge in [-0.2, -0.15) is 0 Å². The van der Waals surface area contributed by atoms with Crippen LogP contribution in [0.4, 0.5) is 5.69 Å². The highest BCUT2D eigenvalue weighted by Crippen LogP contribution is 2.24. The van der Waals surface area contributed by atoms with E-state index in [4.69, 9.17) is 0 Å². The zero-order valence-electron chi connectivity index (χ0n) is 15.2. The molecule has 0 unspecified atom stereocenters. The van der Waals surface area contributed by atoms with Gasteiger partial charge >= 0.3 is 0 Å². The summed E-state index contributed by atoms with van der Waals surface area (Å²) in [6, 6.07) is 5.81. The van der Waals surface area contributed by atoms with Crippen molar-refractivity contribution in [1.29, 1.82) is 0 Å². The van der Waals surface area contributed by atoms with Gasteiger partial charge in [0.25, 0.3) is 0 Å². The van der Waals surface area contributed by atoms with Gasteiger partial charge in [-0.3, -0.25) is 14.4 Å². The fourth-order valence-electron chi connectivity index (χ4n) is 3.53. The van der Waals surface area contributed by atoms with Crippen molar-refractivity contribution in [2.75, 3.05) is 25.0 Å². The number of aryl methyl sites for hydroxylation is 1. The molecule has 2 N–H and O–H groups in total. The molecule has 2 aliphatic rings. The molecule has 1 aromatic carbocycles. The molecule has 0 aromatic heterocycles. The molecule has 2 heterocycles. The van der Waals surface area contributed by atoms with Crippen molar-refractivity contribution >= 4 is 23.4 Å². The van der Waals surface area contributed by atoms with Crippen molar-refractivity contribution in [3.8, 4) is 0 Å². The third kappa shape index (κ3) is 5.07. The summed E-state index contributed by atoms with van der Waals surface area (Å²) in [7, 11) is 0. The van der Waals surface area contributed by atoms with Crippen LogP contribution in [0.2, 0.25) is 0 Å². The molecule has 1 fully saturated rings. The number of nitrogens with one attached hydrogen (secondary N) is 2. The van der Waals surface area contributed by atoms with E-state index in [1.165, 1.54) is 0 Å². The van der Waals surface area contributed by atoms with E-state index < -0.39 is 0 Å². The van der Waals surface area contributed by atoms with Gasteiger partial charge in [0.2, 0.25) is 17.7 Å². The quantitative estimate of drug-likeness (QED) is 0.850. The third-order valence-electron chi connectivity index (χ3n) is 5.06. The molecule has 140 valence electrons. The smallest absolute Gasteiger partial charge is 0.227 e. The molecular weight excluding hydrogens is 330 g/mol. The van der Waals surface area contributed by atoms with Gasteiger partial charge in [0.05, 0.1) is 6.42 Å². The van der Waals surface area contributed by atoms with Crippen molar-refractivity contribution in [3.63, 3.8) is 0 Å². The maximum atomic E-state index is 12.8. The summed E-state index contributed by atoms with van der Waals surface area (Å²) in [6.07, 6.45) is 6.06. The molecule has 3 amide bonds. The lowest BCUT2D eigenvalue weighted by Gasteiger charge is -2.23. The number of amides is 3. The molecule has 0 spiro atoms. The van der Waals surface area contributed by atoms with Crippen LogP contribution < -0.4 is 10.6 Å². The number of rotatable bonds is 2. The summed E-state index contributed by atoms with van der Waals surface area (Å²) in [5.74, 6) is 0.134. The lowest BCUT2D eigenvalue weighted by molar-refractivity contribution is -0.131. The Labute approximate surface area is 154 Å². The second-order valence-corrected chi connectivity index (χ2v) is 7.11. The maximum absolute atomic E-state index is 12.8. The van der Waals surface area contributed by atoms with Crippen molar-refractivity contribution in [1.82, 2.24) is 10.2 Å². The van der Waals surface area contributed by atoms with Gasteiger partial charge < -0.3 is 15.5 Å². The summed E-state index contributed by atoms with van der Waals surface area (Å²) >= 11 is 0. The lowest BCUT2D eigenvalue weighted by atomic mass is 9.99. The molecular formula is C20H27N3O3. The summed E-state index contributed by atoms with van der Waals surface area (Å²) in [4.78, 5) is 37.9. The molecule has 6 nitrogen and oxygen atoms in total. The summed E-state index contributed by atoms with van der Waals surface area (Å²) in [6.45, 7) is 1.93. The van der Waals surface area contributed by atoms with Crippen molar-refractivity contribution < 1.29 is 14.4 Å². The molecule has 0 bridgehead atoms. The topological polar surface area (TPSA) is 78.5 Å². The maximum Gasteiger partial charge on any atom is 0.227 e. The van der Waals surface area contributed by atoms with Gasteiger partial charge in [-0.25, -0.2) is 0 Å². The number of benzene rings is 1. The highest BCUT2D eigenvalue weighted by atomic mass is 16.2. The van der Waals surface area contributed by atoms with Gasteiger partial charge in [-0.05, 0) is 36.5 Å². The van der Waals surface area contributed by atoms with Crippen molar-refractivity contribution in [3.05, 3.63) is 29.3 Å². The van der Waals surface area contributed by atoms with Crippen LogP contribution in [0.1, 0.15) is 49.7 Å². The number of carbonyl (C=O) groups is 3. The third-order valence-corrected chi connectivity index (χ3v) is 5.06. The first kappa shape index (κ1) is 18.4. The predicted octanol–water partition coefficient (Wildman–Crippen LogP) is 2.02. The van der Waals surface area contributed by atoms with E-state index in [-0.39, 0.29) is 17.7 Å². The number of hydrogen-bond acceptors (Lipinski definition) is 3. The minimum absolute atomic E-state index is 0.0224. The Hall–Kier alpha value is -2.37. The van der Waals surface area contributed by atoms with E-state index in [9.17, 15) is 14.4 Å². The predicted molar refractivity (Wildman–Crippen MR) is 99.8 cm³/mol. The Kier molecular flexibility index (Phi) is 6.26. The van der Waals surface area contributed by atoms with E-state index in [0.29, 0.717) is 38.8 Å². The second kappa shape index (κ2) is 8.83. The zero-order valence-corrected chi connectivity index (χ0v) is 15.2. The molecule has 0 aliphatic carbocycles. The molecule has 1 aromatic rings. The fourth-order valence-corrected chi connectivity index (χ4v) is 3.53. The van der Waals surface area contributed by atoms with Crippen molar-refractivity contribution in [2.24, 2.45) is 0 Å². The first-order valence-corrected chi connectivity index (χ1v) is 9.58. The van der Waals surface area contributed by atoms with E-state index in [1.807, 2.05) is 23.1 Å². The largest absolute Gasteiger partial charge is 0.356 e. The number of nitrogens with zero attached hydrogens (tertiary/aromatic N) is 1. The molecule has 0 atom stereocenters. The SMILES string of the molecule is O=C1CCN(C(=O)Cc2ccc3c(c2)CCC(=O)N3)CCCCCCN1. The number of anilines is 1. The summed E-state index contributed by atoms with van der Waals surface area (Å²) in [5.41, 5.74) is 2.90. The average Bonchev–Trinajstić information content (AvgIpc) is 2.67. The second-order valence-electron chi connectivity index (χ2n) is 7.11. The van der Waals surface area contributed by atoms with Crippen LogP contribution in [0.25, 0.3) is 0 Å². The lowest BCUT2D eigenvalue weighted by Crippen LogP contribution is -2.36. The van der Waals surface area contributed by atoms with Gasteiger partial charge in [0.15, 0.2) is 0 Å². The first-order valence-electron chi connectivity index (χ1n) is 9.58. The van der Waals surface area contributed by atoms with E-state index in [2.05, 4.69) is 10.6 Å². The summed E-state index contributed by atoms with van der Waals surface area (Å²) in [5, 5.41) is 5.78. The van der Waals surface area contributed by atoms with Gasteiger partial charge in [0, 0.05) is 38.2 Å². The molecule has 26 heavy (non-hydrogen) atoms. The zero-order chi connectivity index (χ0) is 18.4. The number of hydrogen-bond donors (Lipinski definition) is 2. The van der Waals surface area contributed by atoms with Gasteiger partial charge in [-0.1, -0.05) is 25.0 Å². The monoisotopic (exact) mass is 357 g/mol.